The Morgan fingerprint density at radius 3 is 2.37 bits per heavy atom. The van der Waals surface area contributed by atoms with Crippen LogP contribution in [0.1, 0.15) is 21.5 Å². The zero-order valence-electron chi connectivity index (χ0n) is 10.5. The van der Waals surface area contributed by atoms with E-state index in [-0.39, 0.29) is 5.56 Å². The molecule has 94 valence electrons. The molecule has 0 bridgehead atoms. The van der Waals surface area contributed by atoms with Gasteiger partial charge >= 0.3 is 5.97 Å². The molecule has 2 aromatic carbocycles. The van der Waals surface area contributed by atoms with E-state index in [1.54, 1.807) is 24.3 Å². The maximum absolute atomic E-state index is 11.3. The number of carboxylic acid groups (broad SMARTS) is 1. The fourth-order valence-corrected chi connectivity index (χ4v) is 2.02. The predicted octanol–water partition coefficient (Wildman–Crippen LogP) is 4.34. The summed E-state index contributed by atoms with van der Waals surface area (Å²) >= 11 is 0. The largest absolute Gasteiger partial charge is 0.478 e. The van der Waals surface area contributed by atoms with Gasteiger partial charge in [-0.3, -0.25) is 0 Å². The van der Waals surface area contributed by atoms with Gasteiger partial charge < -0.3 is 5.11 Å². The summed E-state index contributed by atoms with van der Waals surface area (Å²) in [5, 5.41) is 9.30. The molecule has 0 fully saturated rings. The summed E-state index contributed by atoms with van der Waals surface area (Å²) in [5.74, 6) is -0.940. The van der Waals surface area contributed by atoms with Crippen molar-refractivity contribution in [3.05, 3.63) is 72.3 Å². The van der Waals surface area contributed by atoms with Crippen LogP contribution in [0, 0.1) is 0 Å². The highest BCUT2D eigenvalue weighted by Gasteiger charge is 2.13. The number of hydrogen-bond acceptors (Lipinski definition) is 1. The van der Waals surface area contributed by atoms with E-state index in [1.165, 1.54) is 0 Å². The second kappa shape index (κ2) is 5.36. The van der Waals surface area contributed by atoms with Crippen molar-refractivity contribution in [1.29, 1.82) is 0 Å². The maximum atomic E-state index is 11.3. The second-order valence-electron chi connectivity index (χ2n) is 4.11. The van der Waals surface area contributed by atoms with Crippen LogP contribution in [0.15, 0.2) is 55.6 Å². The van der Waals surface area contributed by atoms with Crippen molar-refractivity contribution in [1.82, 2.24) is 0 Å². The first-order valence-corrected chi connectivity index (χ1v) is 5.89. The van der Waals surface area contributed by atoms with Crippen LogP contribution >= 0.6 is 0 Å². The van der Waals surface area contributed by atoms with Crippen LogP contribution in [0.3, 0.4) is 0 Å². The molecule has 0 atom stereocenters. The third-order valence-corrected chi connectivity index (χ3v) is 2.98. The lowest BCUT2D eigenvalue weighted by Gasteiger charge is -2.10. The Bertz CT molecular complexity index is 654. The summed E-state index contributed by atoms with van der Waals surface area (Å²) in [6, 6.07) is 12.8. The van der Waals surface area contributed by atoms with E-state index in [0.29, 0.717) is 5.56 Å². The number of aromatic carboxylic acids is 1. The standard InChI is InChI=1S/C17H14O2/c1-3-12-9-10-15(17(18)19)16(11-12)14-8-6-5-7-13(14)4-2/h3-11H,1-2H2,(H,18,19). The summed E-state index contributed by atoms with van der Waals surface area (Å²) in [6.07, 6.45) is 3.42. The van der Waals surface area contributed by atoms with Crippen LogP contribution < -0.4 is 0 Å². The smallest absolute Gasteiger partial charge is 0.336 e. The first-order chi connectivity index (χ1) is 9.17. The Labute approximate surface area is 112 Å². The molecule has 0 saturated carbocycles. The van der Waals surface area contributed by atoms with Crippen molar-refractivity contribution in [3.8, 4) is 11.1 Å². The van der Waals surface area contributed by atoms with Crippen LogP contribution in [0.5, 0.6) is 0 Å². The second-order valence-corrected chi connectivity index (χ2v) is 4.11. The highest BCUT2D eigenvalue weighted by atomic mass is 16.4. The Balaban J connectivity index is 2.75. The quantitative estimate of drug-likeness (QED) is 0.876. The van der Waals surface area contributed by atoms with Crippen LogP contribution in [0.4, 0.5) is 0 Å². The van der Waals surface area contributed by atoms with Gasteiger partial charge in [0.15, 0.2) is 0 Å². The lowest BCUT2D eigenvalue weighted by atomic mass is 9.93. The SMILES string of the molecule is C=Cc1ccc(C(=O)O)c(-c2ccccc2C=C)c1. The molecule has 0 heterocycles. The number of benzene rings is 2. The summed E-state index contributed by atoms with van der Waals surface area (Å²) in [5.41, 5.74) is 3.61. The molecule has 0 saturated heterocycles. The first-order valence-electron chi connectivity index (χ1n) is 5.89. The third-order valence-electron chi connectivity index (χ3n) is 2.98. The molecule has 0 spiro atoms. The Morgan fingerprint density at radius 2 is 1.74 bits per heavy atom. The number of hydrogen-bond donors (Lipinski definition) is 1. The maximum Gasteiger partial charge on any atom is 0.336 e. The Kier molecular flexibility index (Phi) is 3.62. The molecule has 2 aromatic rings. The molecule has 0 unspecified atom stereocenters. The zero-order chi connectivity index (χ0) is 13.8. The van der Waals surface area contributed by atoms with Crippen LogP contribution in [0.25, 0.3) is 23.3 Å². The van der Waals surface area contributed by atoms with E-state index in [0.717, 1.165) is 16.7 Å². The minimum atomic E-state index is -0.940. The van der Waals surface area contributed by atoms with Gasteiger partial charge in [-0.15, -0.1) is 0 Å². The summed E-state index contributed by atoms with van der Waals surface area (Å²) in [7, 11) is 0. The summed E-state index contributed by atoms with van der Waals surface area (Å²) < 4.78 is 0. The average molecular weight is 250 g/mol. The minimum absolute atomic E-state index is 0.278. The van der Waals surface area contributed by atoms with Crippen molar-refractivity contribution in [2.45, 2.75) is 0 Å². The van der Waals surface area contributed by atoms with Gasteiger partial charge in [-0.05, 0) is 34.4 Å². The molecule has 1 N–H and O–H groups in total. The monoisotopic (exact) mass is 250 g/mol. The molecule has 0 amide bonds. The molecule has 0 aromatic heterocycles. The van der Waals surface area contributed by atoms with Gasteiger partial charge in [-0.2, -0.15) is 0 Å². The fraction of sp³-hybridized carbons (Fsp3) is 0. The van der Waals surface area contributed by atoms with E-state index in [2.05, 4.69) is 13.2 Å². The molecule has 19 heavy (non-hydrogen) atoms. The number of rotatable bonds is 4. The van der Waals surface area contributed by atoms with E-state index in [1.807, 2.05) is 30.3 Å². The van der Waals surface area contributed by atoms with Gasteiger partial charge in [0, 0.05) is 0 Å². The zero-order valence-corrected chi connectivity index (χ0v) is 10.5. The van der Waals surface area contributed by atoms with Crippen molar-refractivity contribution in [2.75, 3.05) is 0 Å². The highest BCUT2D eigenvalue weighted by molar-refractivity contribution is 5.97. The van der Waals surface area contributed by atoms with Crippen molar-refractivity contribution >= 4 is 18.1 Å². The fourth-order valence-electron chi connectivity index (χ4n) is 2.02. The van der Waals surface area contributed by atoms with E-state index >= 15 is 0 Å². The van der Waals surface area contributed by atoms with Crippen LogP contribution in [0.2, 0.25) is 0 Å². The molecule has 2 rings (SSSR count). The van der Waals surface area contributed by atoms with Gasteiger partial charge in [0.05, 0.1) is 5.56 Å². The van der Waals surface area contributed by atoms with Gasteiger partial charge in [-0.1, -0.05) is 55.6 Å². The molecule has 2 nitrogen and oxygen atoms in total. The van der Waals surface area contributed by atoms with E-state index in [4.69, 9.17) is 0 Å². The van der Waals surface area contributed by atoms with Crippen LogP contribution in [-0.2, 0) is 0 Å². The first kappa shape index (κ1) is 12.8. The van der Waals surface area contributed by atoms with E-state index in [9.17, 15) is 9.90 Å². The van der Waals surface area contributed by atoms with Crippen molar-refractivity contribution in [2.24, 2.45) is 0 Å². The molecule has 0 aliphatic rings. The molecule has 0 aliphatic heterocycles. The number of carbonyl (C=O) groups is 1. The highest BCUT2D eigenvalue weighted by Crippen LogP contribution is 2.29. The summed E-state index contributed by atoms with van der Waals surface area (Å²) in [6.45, 7) is 7.48. The topological polar surface area (TPSA) is 37.3 Å². The van der Waals surface area contributed by atoms with Gasteiger partial charge in [-0.25, -0.2) is 4.79 Å². The third kappa shape index (κ3) is 2.47. The van der Waals surface area contributed by atoms with Crippen LogP contribution in [-0.4, -0.2) is 11.1 Å². The minimum Gasteiger partial charge on any atom is -0.478 e. The van der Waals surface area contributed by atoms with Crippen molar-refractivity contribution < 1.29 is 9.90 Å². The summed E-state index contributed by atoms with van der Waals surface area (Å²) in [4.78, 5) is 11.3. The number of carboxylic acids is 1. The van der Waals surface area contributed by atoms with Gasteiger partial charge in [0.1, 0.15) is 0 Å². The van der Waals surface area contributed by atoms with Crippen molar-refractivity contribution in [3.63, 3.8) is 0 Å². The normalized spacial score (nSPS) is 9.89. The molecule has 0 aliphatic carbocycles. The molecular formula is C17H14O2. The predicted molar refractivity (Wildman–Crippen MR) is 79.0 cm³/mol. The molecule has 0 radical (unpaired) electrons. The van der Waals surface area contributed by atoms with E-state index < -0.39 is 5.97 Å². The lowest BCUT2D eigenvalue weighted by molar-refractivity contribution is 0.0698. The van der Waals surface area contributed by atoms with Gasteiger partial charge in [0.25, 0.3) is 0 Å². The Hall–Kier alpha value is -2.61. The molecule has 2 heteroatoms. The molecular weight excluding hydrogens is 236 g/mol. The lowest BCUT2D eigenvalue weighted by Crippen LogP contribution is -2.00. The van der Waals surface area contributed by atoms with Gasteiger partial charge in [0.2, 0.25) is 0 Å². The average Bonchev–Trinajstić information content (AvgIpc) is 2.46. The Morgan fingerprint density at radius 1 is 1.00 bits per heavy atom.